The lowest BCUT2D eigenvalue weighted by atomic mass is 9.91. The normalized spacial score (nSPS) is 12.9. The van der Waals surface area contributed by atoms with Gasteiger partial charge in [-0.15, -0.1) is 0 Å². The van der Waals surface area contributed by atoms with Gasteiger partial charge in [0, 0.05) is 41.5 Å². The summed E-state index contributed by atoms with van der Waals surface area (Å²) in [5.41, 5.74) is 13.5. The number of benzene rings is 11. The van der Waals surface area contributed by atoms with E-state index in [0.29, 0.717) is 0 Å². The molecule has 0 bridgehead atoms. The standard InChI is InChI=1S/C63H39IN2O2/c1-3-13-40(14-4-1)41-25-31-45(32-26-41)65(56-21-11-19-49-47-17-7-9-23-58(47)67-62(49)56)54-37-29-43-28-35-52-55(38-30-44-27-34-51(54)60(43)61(44)52)66(46-33-36-53(64-39-46)42-15-5-2-6-16-42)57-22-12-20-50-48-18-8-10-24-59(48)68-63(50)57/h1-39H. The zero-order chi connectivity index (χ0) is 44.7. The maximum absolute atomic E-state index is 6.80. The van der Waals surface area contributed by atoms with Crippen LogP contribution < -0.4 is 9.80 Å². The van der Waals surface area contributed by atoms with Gasteiger partial charge in [0.1, 0.15) is 11.2 Å². The maximum Gasteiger partial charge on any atom is 0.159 e. The molecule has 14 rings (SSSR count). The summed E-state index contributed by atoms with van der Waals surface area (Å²) >= 11 is -0.447. The smallest absolute Gasteiger partial charge is 0.159 e. The largest absolute Gasteiger partial charge is 0.454 e. The van der Waals surface area contributed by atoms with E-state index in [-0.39, 0.29) is 0 Å². The van der Waals surface area contributed by atoms with Crippen LogP contribution in [0.3, 0.4) is 0 Å². The number of hydrogen-bond donors (Lipinski definition) is 0. The van der Waals surface area contributed by atoms with Crippen LogP contribution in [0.5, 0.6) is 0 Å². The van der Waals surface area contributed by atoms with E-state index in [0.717, 1.165) is 83.4 Å². The van der Waals surface area contributed by atoms with Crippen LogP contribution in [0, 0.1) is 0 Å². The molecule has 13 aromatic rings. The lowest BCUT2D eigenvalue weighted by Crippen LogP contribution is -2.17. The summed E-state index contributed by atoms with van der Waals surface area (Å²) in [6, 6.07) is 78.5. The third-order valence-electron chi connectivity index (χ3n) is 13.6. The fraction of sp³-hybridized carbons (Fsp3) is 0. The van der Waals surface area contributed by atoms with Gasteiger partial charge in [0.25, 0.3) is 0 Å². The third-order valence-corrected chi connectivity index (χ3v) is 16.2. The Kier molecular flexibility index (Phi) is 8.99. The summed E-state index contributed by atoms with van der Waals surface area (Å²) in [5, 5.41) is 11.6. The third kappa shape index (κ3) is 6.16. The van der Waals surface area contributed by atoms with Crippen molar-refractivity contribution in [3.05, 3.63) is 246 Å². The molecule has 1 aliphatic heterocycles. The van der Waals surface area contributed by atoms with Crippen molar-refractivity contribution < 1.29 is 8.83 Å². The molecule has 0 N–H and O–H groups in total. The van der Waals surface area contributed by atoms with Crippen LogP contribution in [0.2, 0.25) is 0 Å². The summed E-state index contributed by atoms with van der Waals surface area (Å²) in [6.45, 7) is 0. The van der Waals surface area contributed by atoms with Crippen LogP contribution in [-0.4, -0.2) is 3.51 Å². The number of rotatable bonds is 8. The van der Waals surface area contributed by atoms with Gasteiger partial charge in [0.15, 0.2) is 11.2 Å². The monoisotopic (exact) mass is 982 g/mol. The molecule has 0 atom stereocenters. The molecule has 0 amide bonds. The lowest BCUT2D eigenvalue weighted by molar-refractivity contribution is 0.668. The van der Waals surface area contributed by atoms with Gasteiger partial charge >= 0.3 is 0 Å². The van der Waals surface area contributed by atoms with Crippen molar-refractivity contribution >= 4 is 129 Å². The molecule has 0 fully saturated rings. The number of allylic oxidation sites excluding steroid dienone is 2. The second-order valence-electron chi connectivity index (χ2n) is 17.4. The summed E-state index contributed by atoms with van der Waals surface area (Å²) in [5.74, 6) is 0. The molecular weight excluding hydrogens is 944 g/mol. The highest BCUT2D eigenvalue weighted by Crippen LogP contribution is 2.50. The van der Waals surface area contributed by atoms with Gasteiger partial charge in [-0.2, -0.15) is 0 Å². The van der Waals surface area contributed by atoms with Gasteiger partial charge in [-0.3, -0.25) is 0 Å². The summed E-state index contributed by atoms with van der Waals surface area (Å²) < 4.78 is 17.5. The van der Waals surface area contributed by atoms with E-state index in [1.54, 1.807) is 0 Å². The number of halogens is 1. The van der Waals surface area contributed by atoms with Crippen molar-refractivity contribution in [3.63, 3.8) is 0 Å². The molecule has 2 aromatic heterocycles. The number of furan rings is 2. The summed E-state index contributed by atoms with van der Waals surface area (Å²) in [4.78, 5) is 4.83. The Hall–Kier alpha value is -8.26. The Balaban J connectivity index is 1.00. The first-order chi connectivity index (χ1) is 33.7. The molecule has 68 heavy (non-hydrogen) atoms. The van der Waals surface area contributed by atoms with E-state index in [4.69, 9.17) is 8.83 Å². The van der Waals surface area contributed by atoms with Crippen molar-refractivity contribution in [1.29, 1.82) is 0 Å². The van der Waals surface area contributed by atoms with Gasteiger partial charge in [0.2, 0.25) is 0 Å². The van der Waals surface area contributed by atoms with Crippen LogP contribution in [0.1, 0.15) is 5.56 Å². The Bertz CT molecular complexity index is 4200. The molecule has 0 saturated carbocycles. The Labute approximate surface area is 402 Å². The average Bonchev–Trinajstić information content (AvgIpc) is 3.99. The lowest BCUT2D eigenvalue weighted by Gasteiger charge is -2.30. The molecule has 5 heteroatoms. The van der Waals surface area contributed by atoms with Gasteiger partial charge in [-0.05, 0) is 103 Å². The Morgan fingerprint density at radius 3 is 1.38 bits per heavy atom. The number of nitrogens with zero attached hydrogens (tertiary/aromatic N) is 2. The minimum atomic E-state index is -0.447. The van der Waals surface area contributed by atoms with Crippen molar-refractivity contribution in [2.75, 3.05) is 9.80 Å². The Morgan fingerprint density at radius 1 is 0.324 bits per heavy atom. The van der Waals surface area contributed by atoms with Crippen LogP contribution in [-0.2, 0) is 0 Å². The molecule has 0 aliphatic carbocycles. The topological polar surface area (TPSA) is 32.8 Å². The molecule has 0 radical (unpaired) electrons. The van der Waals surface area contributed by atoms with Crippen LogP contribution in [0.25, 0.3) is 87.3 Å². The molecule has 0 spiro atoms. The Morgan fingerprint density at radius 2 is 0.809 bits per heavy atom. The van der Waals surface area contributed by atoms with Crippen LogP contribution in [0.4, 0.5) is 28.4 Å². The van der Waals surface area contributed by atoms with E-state index < -0.39 is 20.7 Å². The second-order valence-corrected chi connectivity index (χ2v) is 19.8. The zero-order valence-corrected chi connectivity index (χ0v) is 38.8. The SMILES string of the molecule is C1=CC(c2ccccc2)=IC=C1N(c1ccc2ccc3c(N(c4ccc(-c5ccccc5)cc4)c4cccc5c4oc4ccccc45)ccc4ccc1c2c43)c1cccc2c1oc1ccccc12. The molecule has 3 heterocycles. The van der Waals surface area contributed by atoms with Crippen molar-refractivity contribution in [3.8, 4) is 11.1 Å². The molecule has 4 nitrogen and oxygen atoms in total. The molecule has 11 aromatic carbocycles. The maximum atomic E-state index is 6.80. The first kappa shape index (κ1) is 39.0. The molecular formula is C63H39IN2O2. The van der Waals surface area contributed by atoms with Gasteiger partial charge in [-0.1, -0.05) is 191 Å². The van der Waals surface area contributed by atoms with E-state index in [9.17, 15) is 0 Å². The summed E-state index contributed by atoms with van der Waals surface area (Å²) in [6.07, 6.45) is 4.62. The number of para-hydroxylation sites is 4. The van der Waals surface area contributed by atoms with E-state index in [1.807, 2.05) is 12.1 Å². The fourth-order valence-corrected chi connectivity index (χ4v) is 12.7. The van der Waals surface area contributed by atoms with Gasteiger partial charge in [0.05, 0.1) is 28.4 Å². The number of fused-ring (bicyclic) bond motifs is 6. The first-order valence-electron chi connectivity index (χ1n) is 22.9. The molecule has 1 aliphatic rings. The zero-order valence-electron chi connectivity index (χ0n) is 36.6. The summed E-state index contributed by atoms with van der Waals surface area (Å²) in [7, 11) is 0. The average molecular weight is 983 g/mol. The van der Waals surface area contributed by atoms with Gasteiger partial charge in [-0.25, -0.2) is 0 Å². The van der Waals surface area contributed by atoms with Crippen molar-refractivity contribution in [2.24, 2.45) is 0 Å². The predicted octanol–water partition coefficient (Wildman–Crippen LogP) is 18.3. The number of anilines is 5. The van der Waals surface area contributed by atoms with Crippen LogP contribution >= 0.6 is 20.7 Å². The molecule has 0 unspecified atom stereocenters. The van der Waals surface area contributed by atoms with Crippen LogP contribution in [0.15, 0.2) is 249 Å². The quantitative estimate of drug-likeness (QED) is 0.112. The predicted molar refractivity (Wildman–Crippen MR) is 295 cm³/mol. The number of hydrogen-bond acceptors (Lipinski definition) is 4. The van der Waals surface area contributed by atoms with Crippen molar-refractivity contribution in [1.82, 2.24) is 0 Å². The van der Waals surface area contributed by atoms with E-state index in [1.165, 1.54) is 47.1 Å². The van der Waals surface area contributed by atoms with E-state index in [2.05, 4.69) is 232 Å². The van der Waals surface area contributed by atoms with Gasteiger partial charge < -0.3 is 18.6 Å². The second kappa shape index (κ2) is 15.7. The fourth-order valence-electron chi connectivity index (χ4n) is 10.5. The highest BCUT2D eigenvalue weighted by atomic mass is 127. The first-order valence-corrected chi connectivity index (χ1v) is 25.3. The minimum absolute atomic E-state index is 0.447. The molecule has 320 valence electrons. The highest BCUT2D eigenvalue weighted by molar-refractivity contribution is 14.2. The highest BCUT2D eigenvalue weighted by Gasteiger charge is 2.26. The van der Waals surface area contributed by atoms with Crippen molar-refractivity contribution in [2.45, 2.75) is 0 Å². The minimum Gasteiger partial charge on any atom is -0.454 e. The van der Waals surface area contributed by atoms with E-state index >= 15 is 0 Å². The molecule has 0 saturated heterocycles.